The summed E-state index contributed by atoms with van der Waals surface area (Å²) in [7, 11) is 0. The molecule has 1 saturated heterocycles. The van der Waals surface area contributed by atoms with Gasteiger partial charge >= 0.3 is 0 Å². The van der Waals surface area contributed by atoms with Crippen LogP contribution in [0.1, 0.15) is 54.6 Å². The van der Waals surface area contributed by atoms with Gasteiger partial charge in [0, 0.05) is 55.2 Å². The number of halogens is 1. The van der Waals surface area contributed by atoms with Crippen LogP contribution in [-0.2, 0) is 15.1 Å². The van der Waals surface area contributed by atoms with Gasteiger partial charge in [-0.2, -0.15) is 0 Å². The molecule has 0 saturated carbocycles. The molecule has 5 N–H and O–H groups in total. The Labute approximate surface area is 238 Å². The molecule has 41 heavy (non-hydrogen) atoms. The zero-order valence-electron chi connectivity index (χ0n) is 23.3. The third-order valence-electron chi connectivity index (χ3n) is 7.99. The first-order valence-electron chi connectivity index (χ1n) is 13.7. The number of hydrogen-bond donors (Lipinski definition) is 4. The summed E-state index contributed by atoms with van der Waals surface area (Å²) in [6.45, 7) is 6.65. The number of anilines is 2. The second-order valence-electron chi connectivity index (χ2n) is 10.6. The minimum atomic E-state index is -1.12. The molecule has 2 aliphatic heterocycles. The van der Waals surface area contributed by atoms with E-state index in [0.717, 1.165) is 5.56 Å². The number of amides is 3. The molecule has 0 aliphatic carbocycles. The normalized spacial score (nSPS) is 22.0. The number of nitrogens with two attached hydrogens (primary N) is 1. The lowest BCUT2D eigenvalue weighted by Gasteiger charge is -2.45. The largest absolute Gasteiger partial charge is 0.457 e. The van der Waals surface area contributed by atoms with Crippen molar-refractivity contribution >= 4 is 29.1 Å². The first-order valence-corrected chi connectivity index (χ1v) is 13.7. The molecular formula is C31H34FN5O4. The number of primary amides is 1. The van der Waals surface area contributed by atoms with Gasteiger partial charge in [0.05, 0.1) is 11.4 Å². The highest BCUT2D eigenvalue weighted by Crippen LogP contribution is 2.47. The summed E-state index contributed by atoms with van der Waals surface area (Å²) in [5.41, 5.74) is 7.22. The number of likely N-dealkylation sites (tertiary alicyclic amines) is 1. The summed E-state index contributed by atoms with van der Waals surface area (Å²) >= 11 is 0. The molecule has 1 fully saturated rings. The van der Waals surface area contributed by atoms with Gasteiger partial charge in [0.2, 0.25) is 17.7 Å². The highest BCUT2D eigenvalue weighted by molar-refractivity contribution is 6.08. The van der Waals surface area contributed by atoms with Crippen molar-refractivity contribution in [3.63, 3.8) is 0 Å². The standard InChI is InChI=1S/C31H34FN5O4/c1-4-34-25-16-20(32)15-24-28(25)36-30(40)31(24,3)37-14-13-22(26(17-37)35-18(2)38)23-7-5-6-8-27(23)41-21-11-9-19(10-12-21)29(33)39/h5-12,15-16,22,26,34H,4,13-14,17H2,1-3H3,(H2,33,39)(H,35,38)(H,36,40). The van der Waals surface area contributed by atoms with Gasteiger partial charge in [0.15, 0.2) is 0 Å². The molecule has 5 rings (SSSR count). The number of carbonyl (C=O) groups is 3. The van der Waals surface area contributed by atoms with Gasteiger partial charge in [-0.1, -0.05) is 18.2 Å². The number of hydrogen-bond acceptors (Lipinski definition) is 6. The van der Waals surface area contributed by atoms with Gasteiger partial charge in [-0.25, -0.2) is 4.39 Å². The van der Waals surface area contributed by atoms with E-state index in [9.17, 15) is 18.8 Å². The molecule has 0 spiro atoms. The van der Waals surface area contributed by atoms with E-state index in [1.165, 1.54) is 19.1 Å². The number of nitrogens with zero attached hydrogens (tertiary/aromatic N) is 1. The number of rotatable bonds is 8. The van der Waals surface area contributed by atoms with Crippen LogP contribution in [0, 0.1) is 5.82 Å². The Balaban J connectivity index is 1.45. The van der Waals surface area contributed by atoms with E-state index in [0.29, 0.717) is 60.1 Å². The molecule has 3 aromatic rings. The van der Waals surface area contributed by atoms with Gasteiger partial charge in [-0.15, -0.1) is 0 Å². The van der Waals surface area contributed by atoms with Crippen LogP contribution in [0.5, 0.6) is 11.5 Å². The van der Waals surface area contributed by atoms with Crippen molar-refractivity contribution in [3.8, 4) is 11.5 Å². The molecule has 0 bridgehead atoms. The molecule has 0 radical (unpaired) electrons. The summed E-state index contributed by atoms with van der Waals surface area (Å²) < 4.78 is 20.9. The third kappa shape index (κ3) is 5.35. The van der Waals surface area contributed by atoms with Gasteiger partial charge in [-0.05, 0) is 62.7 Å². The van der Waals surface area contributed by atoms with Crippen LogP contribution in [0.15, 0.2) is 60.7 Å². The number of ether oxygens (including phenoxy) is 1. The number of benzene rings is 3. The van der Waals surface area contributed by atoms with Gasteiger partial charge in [0.1, 0.15) is 22.9 Å². The predicted octanol–water partition coefficient (Wildman–Crippen LogP) is 4.31. The molecule has 3 atom stereocenters. The average Bonchev–Trinajstić information content (AvgIpc) is 3.20. The highest BCUT2D eigenvalue weighted by Gasteiger charge is 2.51. The van der Waals surface area contributed by atoms with Crippen molar-refractivity contribution in [3.05, 3.63) is 83.2 Å². The zero-order chi connectivity index (χ0) is 29.3. The van der Waals surface area contributed by atoms with Gasteiger partial charge in [-0.3, -0.25) is 19.3 Å². The molecular weight excluding hydrogens is 525 g/mol. The monoisotopic (exact) mass is 559 g/mol. The van der Waals surface area contributed by atoms with E-state index in [4.69, 9.17) is 10.5 Å². The number of para-hydroxylation sites is 1. The van der Waals surface area contributed by atoms with E-state index in [2.05, 4.69) is 16.0 Å². The first kappa shape index (κ1) is 28.1. The molecule has 0 aromatic heterocycles. The van der Waals surface area contributed by atoms with Crippen LogP contribution in [0.4, 0.5) is 15.8 Å². The Hall–Kier alpha value is -4.44. The molecule has 2 aliphatic rings. The Bertz CT molecular complexity index is 1490. The minimum absolute atomic E-state index is 0.117. The van der Waals surface area contributed by atoms with E-state index in [1.54, 1.807) is 31.2 Å². The van der Waals surface area contributed by atoms with Crippen molar-refractivity contribution < 1.29 is 23.5 Å². The maximum Gasteiger partial charge on any atom is 0.249 e. The smallest absolute Gasteiger partial charge is 0.249 e. The van der Waals surface area contributed by atoms with Crippen LogP contribution in [0.25, 0.3) is 0 Å². The Morgan fingerprint density at radius 3 is 2.59 bits per heavy atom. The molecule has 214 valence electrons. The molecule has 3 unspecified atom stereocenters. The lowest BCUT2D eigenvalue weighted by molar-refractivity contribution is -0.128. The fourth-order valence-electron chi connectivity index (χ4n) is 5.96. The van der Waals surface area contributed by atoms with Crippen LogP contribution in [0.3, 0.4) is 0 Å². The zero-order valence-corrected chi connectivity index (χ0v) is 23.3. The van der Waals surface area contributed by atoms with Crippen molar-refractivity contribution in [1.82, 2.24) is 10.2 Å². The Morgan fingerprint density at radius 2 is 1.90 bits per heavy atom. The van der Waals surface area contributed by atoms with Crippen molar-refractivity contribution in [1.29, 1.82) is 0 Å². The van der Waals surface area contributed by atoms with E-state index in [-0.39, 0.29) is 23.8 Å². The molecule has 2 heterocycles. The van der Waals surface area contributed by atoms with Crippen molar-refractivity contribution in [2.24, 2.45) is 5.73 Å². The van der Waals surface area contributed by atoms with Crippen LogP contribution < -0.4 is 26.4 Å². The maximum atomic E-state index is 14.7. The summed E-state index contributed by atoms with van der Waals surface area (Å²) in [4.78, 5) is 39.3. The fraction of sp³-hybridized carbons (Fsp3) is 0.323. The average molecular weight is 560 g/mol. The summed E-state index contributed by atoms with van der Waals surface area (Å²) in [6.07, 6.45) is 0.611. The Kier molecular flexibility index (Phi) is 7.68. The quantitative estimate of drug-likeness (QED) is 0.326. The SMILES string of the molecule is CCNc1cc(F)cc2c1NC(=O)C2(C)N1CCC(c2ccccc2Oc2ccc(C(N)=O)cc2)C(NC(C)=O)C1. The fourth-order valence-corrected chi connectivity index (χ4v) is 5.96. The Morgan fingerprint density at radius 1 is 1.17 bits per heavy atom. The molecule has 3 aromatic carbocycles. The molecule has 9 nitrogen and oxygen atoms in total. The van der Waals surface area contributed by atoms with Crippen LogP contribution in [0.2, 0.25) is 0 Å². The summed E-state index contributed by atoms with van der Waals surface area (Å²) in [5, 5.41) is 9.19. The number of carbonyl (C=O) groups excluding carboxylic acids is 3. The van der Waals surface area contributed by atoms with Crippen LogP contribution >= 0.6 is 0 Å². The predicted molar refractivity (Wildman–Crippen MR) is 155 cm³/mol. The van der Waals surface area contributed by atoms with Gasteiger partial charge < -0.3 is 26.4 Å². The number of fused-ring (bicyclic) bond motifs is 1. The van der Waals surface area contributed by atoms with E-state index >= 15 is 0 Å². The summed E-state index contributed by atoms with van der Waals surface area (Å²) in [6, 6.07) is 16.7. The number of piperidine rings is 1. The molecule has 10 heteroatoms. The van der Waals surface area contributed by atoms with Crippen molar-refractivity contribution in [2.45, 2.75) is 44.7 Å². The third-order valence-corrected chi connectivity index (χ3v) is 7.99. The molecule has 3 amide bonds. The van der Waals surface area contributed by atoms with E-state index in [1.807, 2.05) is 36.1 Å². The number of nitrogens with one attached hydrogen (secondary N) is 3. The second kappa shape index (κ2) is 11.2. The van der Waals surface area contributed by atoms with E-state index < -0.39 is 17.3 Å². The lowest BCUT2D eigenvalue weighted by atomic mass is 9.81. The second-order valence-corrected chi connectivity index (χ2v) is 10.6. The minimum Gasteiger partial charge on any atom is -0.457 e. The topological polar surface area (TPSA) is 126 Å². The first-order chi connectivity index (χ1) is 19.6. The highest BCUT2D eigenvalue weighted by atomic mass is 19.1. The lowest BCUT2D eigenvalue weighted by Crippen LogP contribution is -2.59. The summed E-state index contributed by atoms with van der Waals surface area (Å²) in [5.74, 6) is -0.319. The van der Waals surface area contributed by atoms with Crippen molar-refractivity contribution in [2.75, 3.05) is 30.3 Å². The van der Waals surface area contributed by atoms with Crippen LogP contribution in [-0.4, -0.2) is 48.3 Å². The maximum absolute atomic E-state index is 14.7. The van der Waals surface area contributed by atoms with Gasteiger partial charge in [0.25, 0.3) is 0 Å².